The van der Waals surface area contributed by atoms with E-state index in [1.807, 2.05) is 27.7 Å². The number of allylic oxidation sites excluding steroid dienone is 1. The Labute approximate surface area is 140 Å². The van der Waals surface area contributed by atoms with Gasteiger partial charge in [-0.1, -0.05) is 25.1 Å². The van der Waals surface area contributed by atoms with Gasteiger partial charge < -0.3 is 4.74 Å². The van der Waals surface area contributed by atoms with Gasteiger partial charge in [-0.15, -0.1) is 0 Å². The van der Waals surface area contributed by atoms with Gasteiger partial charge in [-0.05, 0) is 32.8 Å². The van der Waals surface area contributed by atoms with Gasteiger partial charge in [0.15, 0.2) is 5.65 Å². The number of hydrogen-bond donors (Lipinski definition) is 0. The average molecular weight is 337 g/mol. The van der Waals surface area contributed by atoms with Crippen LogP contribution in [0.25, 0.3) is 11.2 Å². The monoisotopic (exact) mass is 336 g/mol. The second-order valence-corrected chi connectivity index (χ2v) is 6.61. The van der Waals surface area contributed by atoms with E-state index in [4.69, 9.17) is 16.3 Å². The van der Waals surface area contributed by atoms with Crippen LogP contribution in [0.3, 0.4) is 0 Å². The fourth-order valence-electron chi connectivity index (χ4n) is 2.02. The zero-order valence-corrected chi connectivity index (χ0v) is 14.8. The molecule has 2 aromatic heterocycles. The second-order valence-electron chi connectivity index (χ2n) is 6.23. The van der Waals surface area contributed by atoms with E-state index in [1.54, 1.807) is 23.8 Å². The minimum absolute atomic E-state index is 0.272. The molecule has 0 saturated heterocycles. The molecule has 0 radical (unpaired) electrons. The van der Waals surface area contributed by atoms with Crippen molar-refractivity contribution in [1.82, 2.24) is 14.6 Å². The first kappa shape index (κ1) is 17.3. The Bertz CT molecular complexity index is 761. The molecule has 0 atom stereocenters. The summed E-state index contributed by atoms with van der Waals surface area (Å²) in [5.74, 6) is 0.476. The van der Waals surface area contributed by atoms with Crippen LogP contribution in [0.1, 0.15) is 39.7 Å². The van der Waals surface area contributed by atoms with Crippen LogP contribution in [0.5, 0.6) is 0 Å². The van der Waals surface area contributed by atoms with Crippen molar-refractivity contribution in [2.75, 3.05) is 11.9 Å². The summed E-state index contributed by atoms with van der Waals surface area (Å²) >= 11 is 6.12. The summed E-state index contributed by atoms with van der Waals surface area (Å²) in [5, 5.41) is 4.59. The Morgan fingerprint density at radius 1 is 1.48 bits per heavy atom. The summed E-state index contributed by atoms with van der Waals surface area (Å²) in [7, 11) is 1.61. The molecule has 0 aliphatic rings. The molecule has 0 aliphatic heterocycles. The lowest BCUT2D eigenvalue weighted by molar-refractivity contribution is 0.0587. The minimum Gasteiger partial charge on any atom is -0.443 e. The van der Waals surface area contributed by atoms with Gasteiger partial charge in [0, 0.05) is 18.7 Å². The van der Waals surface area contributed by atoms with Crippen molar-refractivity contribution in [3.63, 3.8) is 0 Å². The lowest BCUT2D eigenvalue weighted by Gasteiger charge is -2.24. The highest BCUT2D eigenvalue weighted by molar-refractivity contribution is 6.29. The van der Waals surface area contributed by atoms with Crippen molar-refractivity contribution in [3.05, 3.63) is 29.6 Å². The summed E-state index contributed by atoms with van der Waals surface area (Å²) < 4.78 is 6.94. The summed E-state index contributed by atoms with van der Waals surface area (Å²) in [6.45, 7) is 11.4. The lowest BCUT2D eigenvalue weighted by Crippen LogP contribution is -2.35. The number of nitrogens with zero attached hydrogens (tertiary/aromatic N) is 4. The number of carbonyl (C=O) groups is 1. The van der Waals surface area contributed by atoms with E-state index in [2.05, 4.69) is 16.7 Å². The number of ether oxygens (including phenoxy) is 1. The molecule has 6 nitrogen and oxygen atoms in total. The maximum atomic E-state index is 12.3. The van der Waals surface area contributed by atoms with Crippen LogP contribution in [0.2, 0.25) is 5.15 Å². The third-order valence-electron chi connectivity index (χ3n) is 3.24. The number of fused-ring (bicyclic) bond motifs is 1. The van der Waals surface area contributed by atoms with Crippen LogP contribution in [0, 0.1) is 0 Å². The molecule has 0 aliphatic carbocycles. The van der Waals surface area contributed by atoms with Crippen LogP contribution < -0.4 is 4.90 Å². The first-order valence-corrected chi connectivity index (χ1v) is 7.71. The maximum absolute atomic E-state index is 12.3. The van der Waals surface area contributed by atoms with Crippen molar-refractivity contribution in [1.29, 1.82) is 0 Å². The molecule has 0 bridgehead atoms. The SMILES string of the molecule is C=C(CC)c1cnn2c(N(C)C(=O)OC(C)(C)C)cc(Cl)nc12. The molecule has 2 aromatic rings. The zero-order valence-electron chi connectivity index (χ0n) is 14.1. The van der Waals surface area contributed by atoms with Crippen molar-refractivity contribution >= 4 is 34.7 Å². The van der Waals surface area contributed by atoms with Gasteiger partial charge in [-0.3, -0.25) is 4.90 Å². The summed E-state index contributed by atoms with van der Waals surface area (Å²) in [5.41, 5.74) is 1.69. The second kappa shape index (κ2) is 6.20. The molecule has 124 valence electrons. The first-order valence-electron chi connectivity index (χ1n) is 7.33. The number of carbonyl (C=O) groups excluding carboxylic acids is 1. The van der Waals surface area contributed by atoms with Gasteiger partial charge in [0.2, 0.25) is 0 Å². The predicted octanol–water partition coefficient (Wildman–Crippen LogP) is 4.18. The van der Waals surface area contributed by atoms with E-state index in [0.29, 0.717) is 11.5 Å². The van der Waals surface area contributed by atoms with Crippen LogP contribution in [0.15, 0.2) is 18.8 Å². The Kier molecular flexibility index (Phi) is 4.66. The topological polar surface area (TPSA) is 59.7 Å². The average Bonchev–Trinajstić information content (AvgIpc) is 2.86. The molecule has 23 heavy (non-hydrogen) atoms. The molecule has 0 spiro atoms. The van der Waals surface area contributed by atoms with E-state index < -0.39 is 11.7 Å². The van der Waals surface area contributed by atoms with Gasteiger partial charge in [0.25, 0.3) is 0 Å². The molecule has 0 unspecified atom stereocenters. The number of amides is 1. The van der Waals surface area contributed by atoms with E-state index in [1.165, 1.54) is 4.90 Å². The molecule has 7 heteroatoms. The Morgan fingerprint density at radius 2 is 2.13 bits per heavy atom. The third kappa shape index (κ3) is 3.64. The summed E-state index contributed by atoms with van der Waals surface area (Å²) in [4.78, 5) is 18.0. The molecule has 0 N–H and O–H groups in total. The first-order chi connectivity index (χ1) is 10.6. The number of rotatable bonds is 3. The third-order valence-corrected chi connectivity index (χ3v) is 3.43. The van der Waals surface area contributed by atoms with Crippen molar-refractivity contribution in [2.24, 2.45) is 0 Å². The number of anilines is 1. The van der Waals surface area contributed by atoms with Crippen molar-refractivity contribution in [2.45, 2.75) is 39.7 Å². The molecule has 1 amide bonds. The van der Waals surface area contributed by atoms with Gasteiger partial charge in [0.1, 0.15) is 16.6 Å². The maximum Gasteiger partial charge on any atom is 0.415 e. The Morgan fingerprint density at radius 3 is 2.70 bits per heavy atom. The normalized spacial score (nSPS) is 11.6. The number of aromatic nitrogens is 3. The smallest absolute Gasteiger partial charge is 0.415 e. The van der Waals surface area contributed by atoms with Crippen LogP contribution in [-0.2, 0) is 4.74 Å². The Balaban J connectivity index is 2.51. The molecule has 2 rings (SSSR count). The summed E-state index contributed by atoms with van der Waals surface area (Å²) in [6.07, 6.45) is 1.96. The van der Waals surface area contributed by atoms with E-state index in [0.717, 1.165) is 17.6 Å². The van der Waals surface area contributed by atoms with Gasteiger partial charge in [-0.25, -0.2) is 9.78 Å². The van der Waals surface area contributed by atoms with Gasteiger partial charge in [-0.2, -0.15) is 9.61 Å². The molecule has 0 aromatic carbocycles. The highest BCUT2D eigenvalue weighted by Crippen LogP contribution is 2.26. The largest absolute Gasteiger partial charge is 0.443 e. The molecular formula is C16H21ClN4O2. The Hall–Kier alpha value is -2.08. The number of halogens is 1. The van der Waals surface area contributed by atoms with Crippen LogP contribution >= 0.6 is 11.6 Å². The van der Waals surface area contributed by atoms with E-state index in [9.17, 15) is 4.79 Å². The molecule has 0 saturated carbocycles. The van der Waals surface area contributed by atoms with Gasteiger partial charge in [0.05, 0.1) is 6.20 Å². The van der Waals surface area contributed by atoms with Crippen molar-refractivity contribution in [3.8, 4) is 0 Å². The predicted molar refractivity (Wildman–Crippen MR) is 92.0 cm³/mol. The standard InChI is InChI=1S/C16H21ClN4O2/c1-7-10(2)11-9-18-21-13(8-12(17)19-14(11)21)20(6)15(22)23-16(3,4)5/h8-9H,2,7H2,1,3-6H3. The fourth-order valence-corrected chi connectivity index (χ4v) is 2.20. The highest BCUT2D eigenvalue weighted by atomic mass is 35.5. The van der Waals surface area contributed by atoms with Crippen LogP contribution in [0.4, 0.5) is 10.6 Å². The van der Waals surface area contributed by atoms with Gasteiger partial charge >= 0.3 is 6.09 Å². The molecule has 2 heterocycles. The highest BCUT2D eigenvalue weighted by Gasteiger charge is 2.23. The minimum atomic E-state index is -0.590. The summed E-state index contributed by atoms with van der Waals surface area (Å²) in [6, 6.07) is 1.57. The fraction of sp³-hybridized carbons (Fsp3) is 0.438. The molecule has 0 fully saturated rings. The number of hydrogen-bond acceptors (Lipinski definition) is 4. The van der Waals surface area contributed by atoms with E-state index >= 15 is 0 Å². The van der Waals surface area contributed by atoms with E-state index in [-0.39, 0.29) is 5.15 Å². The lowest BCUT2D eigenvalue weighted by atomic mass is 10.1. The quantitative estimate of drug-likeness (QED) is 0.789. The molecular weight excluding hydrogens is 316 g/mol. The zero-order chi connectivity index (χ0) is 17.4. The van der Waals surface area contributed by atoms with Crippen molar-refractivity contribution < 1.29 is 9.53 Å². The van der Waals surface area contributed by atoms with Crippen LogP contribution in [-0.4, -0.2) is 33.3 Å².